The zero-order chi connectivity index (χ0) is 18.7. The van der Waals surface area contributed by atoms with Crippen LogP contribution < -0.4 is 4.74 Å². The Balaban J connectivity index is 1.71. The lowest BCUT2D eigenvalue weighted by atomic mass is 10.1. The number of esters is 1. The molecule has 5 nitrogen and oxygen atoms in total. The van der Waals surface area contributed by atoms with Gasteiger partial charge in [-0.3, -0.25) is 0 Å². The number of carbonyl (C=O) groups excluding carboxylic acids is 1. The molecule has 26 heavy (non-hydrogen) atoms. The minimum atomic E-state index is -0.542. The summed E-state index contributed by atoms with van der Waals surface area (Å²) >= 11 is 1.14. The van der Waals surface area contributed by atoms with Gasteiger partial charge in [-0.15, -0.1) is 21.6 Å². The molecule has 1 N–H and O–H groups in total. The van der Waals surface area contributed by atoms with Gasteiger partial charge in [-0.25, -0.2) is 9.18 Å². The summed E-state index contributed by atoms with van der Waals surface area (Å²) in [5.74, 6) is -0.434. The summed E-state index contributed by atoms with van der Waals surface area (Å²) in [6.45, 7) is 3.58. The van der Waals surface area contributed by atoms with Crippen LogP contribution in [0.1, 0.15) is 20.8 Å². The summed E-state index contributed by atoms with van der Waals surface area (Å²) in [5, 5.41) is 18.6. The van der Waals surface area contributed by atoms with Gasteiger partial charge in [0.1, 0.15) is 27.2 Å². The first-order valence-electron chi connectivity index (χ1n) is 7.72. The highest BCUT2D eigenvalue weighted by atomic mass is 32.1. The Morgan fingerprint density at radius 2 is 1.69 bits per heavy atom. The predicted molar refractivity (Wildman–Crippen MR) is 97.4 cm³/mol. The molecule has 0 fully saturated rings. The first kappa shape index (κ1) is 17.8. The van der Waals surface area contributed by atoms with E-state index in [1.54, 1.807) is 38.1 Å². The van der Waals surface area contributed by atoms with Gasteiger partial charge in [0.2, 0.25) is 0 Å². The Bertz CT molecular complexity index is 958. The second-order valence-corrected chi connectivity index (χ2v) is 6.67. The SMILES string of the molecule is Cc1cc(N=Nc2ccc(C(=O)Oc3ccc(F)cc3)s2)cc(C)c1O. The molecule has 132 valence electrons. The number of benzene rings is 2. The molecular weight excluding hydrogens is 355 g/mol. The predicted octanol–water partition coefficient (Wildman–Crippen LogP) is 5.84. The number of ether oxygens (including phenoxy) is 1. The van der Waals surface area contributed by atoms with Crippen molar-refractivity contribution in [2.45, 2.75) is 13.8 Å². The number of thiophene rings is 1. The van der Waals surface area contributed by atoms with Gasteiger partial charge in [-0.1, -0.05) is 0 Å². The third-order valence-electron chi connectivity index (χ3n) is 3.56. The number of carbonyl (C=O) groups is 1. The van der Waals surface area contributed by atoms with Crippen LogP contribution in [0.2, 0.25) is 0 Å². The Hall–Kier alpha value is -3.06. The van der Waals surface area contributed by atoms with Gasteiger partial charge in [0, 0.05) is 0 Å². The van der Waals surface area contributed by atoms with Gasteiger partial charge in [0.25, 0.3) is 0 Å². The first-order valence-corrected chi connectivity index (χ1v) is 8.53. The average molecular weight is 370 g/mol. The normalized spacial score (nSPS) is 11.0. The molecule has 0 unspecified atom stereocenters. The third-order valence-corrected chi connectivity index (χ3v) is 4.51. The zero-order valence-electron chi connectivity index (χ0n) is 14.1. The van der Waals surface area contributed by atoms with Gasteiger partial charge < -0.3 is 9.84 Å². The fourth-order valence-corrected chi connectivity index (χ4v) is 2.95. The van der Waals surface area contributed by atoms with Crippen molar-refractivity contribution in [3.63, 3.8) is 0 Å². The van der Waals surface area contributed by atoms with E-state index < -0.39 is 11.8 Å². The molecule has 0 amide bonds. The van der Waals surface area contributed by atoms with Crippen LogP contribution >= 0.6 is 11.3 Å². The number of halogens is 1. The van der Waals surface area contributed by atoms with E-state index >= 15 is 0 Å². The summed E-state index contributed by atoms with van der Waals surface area (Å²) in [6.07, 6.45) is 0. The van der Waals surface area contributed by atoms with E-state index in [2.05, 4.69) is 10.2 Å². The highest BCUT2D eigenvalue weighted by Crippen LogP contribution is 2.31. The Labute approximate surface area is 153 Å². The summed E-state index contributed by atoms with van der Waals surface area (Å²) in [7, 11) is 0. The number of phenolic OH excluding ortho intramolecular Hbond substituents is 1. The highest BCUT2D eigenvalue weighted by molar-refractivity contribution is 7.17. The van der Waals surface area contributed by atoms with Gasteiger partial charge in [-0.05, 0) is 73.5 Å². The van der Waals surface area contributed by atoms with Gasteiger partial charge in [0.05, 0.1) is 5.69 Å². The molecule has 0 aliphatic heterocycles. The molecule has 2 aromatic carbocycles. The fraction of sp³-hybridized carbons (Fsp3) is 0.105. The van der Waals surface area contributed by atoms with Crippen molar-refractivity contribution in [2.75, 3.05) is 0 Å². The standard InChI is InChI=1S/C19H15FN2O3S/c1-11-9-14(10-12(2)18(11)23)21-22-17-8-7-16(26-17)19(24)25-15-5-3-13(20)4-6-15/h3-10,23H,1-2H3. The molecule has 3 rings (SSSR count). The van der Waals surface area contributed by atoms with E-state index in [-0.39, 0.29) is 11.5 Å². The first-order chi connectivity index (χ1) is 12.4. The number of nitrogens with zero attached hydrogens (tertiary/aromatic N) is 2. The highest BCUT2D eigenvalue weighted by Gasteiger charge is 2.12. The number of aromatic hydroxyl groups is 1. The lowest BCUT2D eigenvalue weighted by Gasteiger charge is -2.03. The van der Waals surface area contributed by atoms with Crippen molar-refractivity contribution < 1.29 is 19.0 Å². The number of phenols is 1. The Morgan fingerprint density at radius 1 is 1.04 bits per heavy atom. The quantitative estimate of drug-likeness (QED) is 0.356. The maximum atomic E-state index is 12.9. The van der Waals surface area contributed by atoms with Crippen molar-refractivity contribution in [1.29, 1.82) is 0 Å². The monoisotopic (exact) mass is 370 g/mol. The van der Waals surface area contributed by atoms with Crippen molar-refractivity contribution in [1.82, 2.24) is 0 Å². The number of azo groups is 1. The zero-order valence-corrected chi connectivity index (χ0v) is 14.9. The molecule has 3 aromatic rings. The van der Waals surface area contributed by atoms with Crippen LogP contribution in [-0.4, -0.2) is 11.1 Å². The van der Waals surface area contributed by atoms with Gasteiger partial charge in [-0.2, -0.15) is 0 Å². The minimum Gasteiger partial charge on any atom is -0.507 e. The van der Waals surface area contributed by atoms with Crippen LogP contribution in [0.15, 0.2) is 58.8 Å². The third kappa shape index (κ3) is 4.12. The van der Waals surface area contributed by atoms with E-state index in [1.807, 2.05) is 0 Å². The van der Waals surface area contributed by atoms with Gasteiger partial charge in [0.15, 0.2) is 0 Å². The van der Waals surface area contributed by atoms with E-state index in [0.717, 1.165) is 11.3 Å². The molecule has 0 saturated heterocycles. The summed E-state index contributed by atoms with van der Waals surface area (Å²) < 4.78 is 18.1. The van der Waals surface area contributed by atoms with E-state index in [0.29, 0.717) is 26.7 Å². The molecule has 1 aromatic heterocycles. The second-order valence-electron chi connectivity index (χ2n) is 5.61. The van der Waals surface area contributed by atoms with Crippen LogP contribution in [0.4, 0.5) is 15.1 Å². The molecule has 0 aliphatic carbocycles. The topological polar surface area (TPSA) is 71.2 Å². The second kappa shape index (κ2) is 7.45. The summed E-state index contributed by atoms with van der Waals surface area (Å²) in [5.41, 5.74) is 2.05. The Kier molecular flexibility index (Phi) is 5.09. The van der Waals surface area contributed by atoms with E-state index in [9.17, 15) is 14.3 Å². The molecule has 0 radical (unpaired) electrons. The lowest BCUT2D eigenvalue weighted by Crippen LogP contribution is -2.06. The van der Waals surface area contributed by atoms with E-state index in [4.69, 9.17) is 4.74 Å². The minimum absolute atomic E-state index is 0.242. The molecule has 1 heterocycles. The van der Waals surface area contributed by atoms with Crippen LogP contribution in [-0.2, 0) is 0 Å². The molecule has 0 bridgehead atoms. The van der Waals surface area contributed by atoms with Crippen LogP contribution in [0.3, 0.4) is 0 Å². The summed E-state index contributed by atoms with van der Waals surface area (Å²) in [4.78, 5) is 12.5. The maximum absolute atomic E-state index is 12.9. The molecule has 7 heteroatoms. The summed E-state index contributed by atoms with van der Waals surface area (Å²) in [6, 6.07) is 11.9. The fourth-order valence-electron chi connectivity index (χ4n) is 2.25. The number of hydrogen-bond donors (Lipinski definition) is 1. The molecule has 0 aliphatic rings. The molecular formula is C19H15FN2O3S. The van der Waals surface area contributed by atoms with Gasteiger partial charge >= 0.3 is 5.97 Å². The van der Waals surface area contributed by atoms with E-state index in [1.165, 1.54) is 24.3 Å². The number of hydrogen-bond acceptors (Lipinski definition) is 6. The van der Waals surface area contributed by atoms with Crippen molar-refractivity contribution in [3.8, 4) is 11.5 Å². The molecule has 0 atom stereocenters. The lowest BCUT2D eigenvalue weighted by molar-refractivity contribution is 0.0739. The smallest absolute Gasteiger partial charge is 0.353 e. The number of aryl methyl sites for hydroxylation is 2. The van der Waals surface area contributed by atoms with Crippen LogP contribution in [0.5, 0.6) is 11.5 Å². The number of rotatable bonds is 4. The molecule has 0 spiro atoms. The van der Waals surface area contributed by atoms with Crippen molar-refractivity contribution in [3.05, 3.63) is 70.4 Å². The van der Waals surface area contributed by atoms with Crippen LogP contribution in [0.25, 0.3) is 0 Å². The Morgan fingerprint density at radius 3 is 2.35 bits per heavy atom. The average Bonchev–Trinajstić information content (AvgIpc) is 3.09. The van der Waals surface area contributed by atoms with Crippen LogP contribution in [0, 0.1) is 19.7 Å². The van der Waals surface area contributed by atoms with Crippen molar-refractivity contribution >= 4 is 28.0 Å². The van der Waals surface area contributed by atoms with Crippen molar-refractivity contribution in [2.24, 2.45) is 10.2 Å². The molecule has 0 saturated carbocycles. The maximum Gasteiger partial charge on any atom is 0.353 e. The largest absolute Gasteiger partial charge is 0.507 e.